The fourth-order valence-corrected chi connectivity index (χ4v) is 3.57. The molecule has 28 heavy (non-hydrogen) atoms. The number of carbonyl (C=O) groups is 1. The van der Waals surface area contributed by atoms with Crippen molar-refractivity contribution in [2.45, 2.75) is 38.7 Å². The molecule has 4 rings (SSSR count). The summed E-state index contributed by atoms with van der Waals surface area (Å²) in [6.07, 6.45) is 3.74. The number of nitrogens with one attached hydrogen (secondary N) is 2. The van der Waals surface area contributed by atoms with Crippen molar-refractivity contribution in [1.82, 2.24) is 25.5 Å². The Balaban J connectivity index is 1.51. The zero-order chi connectivity index (χ0) is 19.7. The van der Waals surface area contributed by atoms with Crippen molar-refractivity contribution < 1.29 is 9.53 Å². The molecule has 2 N–H and O–H groups in total. The Hall–Kier alpha value is -3.16. The van der Waals surface area contributed by atoms with Crippen molar-refractivity contribution in [1.29, 1.82) is 0 Å². The Morgan fingerprint density at radius 2 is 2.14 bits per heavy atom. The summed E-state index contributed by atoms with van der Waals surface area (Å²) in [6, 6.07) is 8.32. The number of rotatable bonds is 4. The smallest absolute Gasteiger partial charge is 0.407 e. The Bertz CT molecular complexity index is 994. The van der Waals surface area contributed by atoms with Crippen molar-refractivity contribution in [3.8, 4) is 0 Å². The Kier molecular flexibility index (Phi) is 4.62. The number of amides is 1. The molecule has 1 aliphatic heterocycles. The van der Waals surface area contributed by atoms with Gasteiger partial charge in [0.25, 0.3) is 0 Å². The maximum absolute atomic E-state index is 11.9. The van der Waals surface area contributed by atoms with Gasteiger partial charge in [0, 0.05) is 24.7 Å². The third-order valence-corrected chi connectivity index (χ3v) is 4.71. The second kappa shape index (κ2) is 7.10. The molecule has 1 amide bonds. The highest BCUT2D eigenvalue weighted by Crippen LogP contribution is 2.42. The predicted molar refractivity (Wildman–Crippen MR) is 107 cm³/mol. The Morgan fingerprint density at radius 3 is 2.96 bits per heavy atom. The number of anilines is 2. The number of para-hydroxylation sites is 1. The van der Waals surface area contributed by atoms with Gasteiger partial charge in [0.05, 0.1) is 11.6 Å². The monoisotopic (exact) mass is 380 g/mol. The van der Waals surface area contributed by atoms with Gasteiger partial charge in [-0.25, -0.2) is 14.8 Å². The lowest BCUT2D eigenvalue weighted by Crippen LogP contribution is -2.33. The summed E-state index contributed by atoms with van der Waals surface area (Å²) in [4.78, 5) is 22.8. The minimum atomic E-state index is -0.496. The first-order valence-corrected chi connectivity index (χ1v) is 9.40. The first-order chi connectivity index (χ1) is 13.4. The SMILES string of the molecule is CC(C)(C)OC(=O)NCCC1CN(c2ncnc3[nH]ncc23)c2ccccc21. The minimum Gasteiger partial charge on any atom is -0.444 e. The molecular weight excluding hydrogens is 356 g/mol. The Morgan fingerprint density at radius 1 is 1.32 bits per heavy atom. The highest BCUT2D eigenvalue weighted by Gasteiger charge is 2.31. The van der Waals surface area contributed by atoms with Crippen LogP contribution in [0, 0.1) is 0 Å². The van der Waals surface area contributed by atoms with E-state index in [1.165, 1.54) is 5.56 Å². The van der Waals surface area contributed by atoms with E-state index in [0.29, 0.717) is 6.54 Å². The van der Waals surface area contributed by atoms with E-state index in [-0.39, 0.29) is 12.0 Å². The van der Waals surface area contributed by atoms with Gasteiger partial charge < -0.3 is 15.0 Å². The first-order valence-electron chi connectivity index (χ1n) is 9.40. The summed E-state index contributed by atoms with van der Waals surface area (Å²) in [5, 5.41) is 10.7. The zero-order valence-corrected chi connectivity index (χ0v) is 16.3. The molecule has 0 fully saturated rings. The third-order valence-electron chi connectivity index (χ3n) is 4.71. The summed E-state index contributed by atoms with van der Waals surface area (Å²) >= 11 is 0. The number of H-pyrrole nitrogens is 1. The molecule has 0 bridgehead atoms. The summed E-state index contributed by atoms with van der Waals surface area (Å²) < 4.78 is 5.31. The molecule has 1 atom stereocenters. The lowest BCUT2D eigenvalue weighted by molar-refractivity contribution is 0.0526. The van der Waals surface area contributed by atoms with E-state index in [4.69, 9.17) is 4.74 Å². The summed E-state index contributed by atoms with van der Waals surface area (Å²) in [7, 11) is 0. The summed E-state index contributed by atoms with van der Waals surface area (Å²) in [6.45, 7) is 6.90. The van der Waals surface area contributed by atoms with E-state index < -0.39 is 5.60 Å². The molecule has 146 valence electrons. The second-order valence-electron chi connectivity index (χ2n) is 7.91. The van der Waals surface area contributed by atoms with Crippen molar-refractivity contribution in [2.75, 3.05) is 18.0 Å². The lowest BCUT2D eigenvalue weighted by Gasteiger charge is -2.20. The molecule has 1 unspecified atom stereocenters. The first kappa shape index (κ1) is 18.2. The van der Waals surface area contributed by atoms with Gasteiger partial charge in [-0.3, -0.25) is 5.10 Å². The number of carbonyl (C=O) groups excluding carboxylic acids is 1. The van der Waals surface area contributed by atoms with Gasteiger partial charge >= 0.3 is 6.09 Å². The molecule has 8 heteroatoms. The minimum absolute atomic E-state index is 0.281. The topological polar surface area (TPSA) is 96.0 Å². The fourth-order valence-electron chi connectivity index (χ4n) is 3.57. The number of nitrogens with zero attached hydrogens (tertiary/aromatic N) is 4. The van der Waals surface area contributed by atoms with E-state index in [1.54, 1.807) is 12.5 Å². The lowest BCUT2D eigenvalue weighted by atomic mass is 9.98. The Labute approximate surface area is 163 Å². The molecule has 0 aliphatic carbocycles. The number of alkyl carbamates (subject to hydrolysis) is 1. The predicted octanol–water partition coefficient (Wildman–Crippen LogP) is 3.50. The van der Waals surface area contributed by atoms with Gasteiger partial charge in [0.1, 0.15) is 17.7 Å². The van der Waals surface area contributed by atoms with Crippen LogP contribution in [0.25, 0.3) is 11.0 Å². The second-order valence-corrected chi connectivity index (χ2v) is 7.91. The molecule has 1 aromatic carbocycles. The molecule has 0 saturated carbocycles. The van der Waals surface area contributed by atoms with Crippen LogP contribution in [-0.4, -0.2) is 44.9 Å². The average molecular weight is 380 g/mol. The molecule has 8 nitrogen and oxygen atoms in total. The zero-order valence-electron chi connectivity index (χ0n) is 16.3. The van der Waals surface area contributed by atoms with Crippen LogP contribution < -0.4 is 10.2 Å². The number of benzene rings is 1. The quantitative estimate of drug-likeness (QED) is 0.719. The van der Waals surface area contributed by atoms with Crippen LogP contribution in [0.5, 0.6) is 0 Å². The third kappa shape index (κ3) is 3.62. The summed E-state index contributed by atoms with van der Waals surface area (Å²) in [5.41, 5.74) is 2.61. The largest absolute Gasteiger partial charge is 0.444 e. The van der Waals surface area contributed by atoms with E-state index in [0.717, 1.165) is 35.5 Å². The van der Waals surface area contributed by atoms with Gasteiger partial charge in [-0.1, -0.05) is 18.2 Å². The highest BCUT2D eigenvalue weighted by atomic mass is 16.6. The molecule has 1 aliphatic rings. The van der Waals surface area contributed by atoms with Crippen LogP contribution in [0.4, 0.5) is 16.3 Å². The van der Waals surface area contributed by atoms with Crippen LogP contribution in [0.3, 0.4) is 0 Å². The number of aromatic amines is 1. The number of hydrogen-bond acceptors (Lipinski definition) is 6. The molecule has 0 saturated heterocycles. The average Bonchev–Trinajstić information content (AvgIpc) is 3.25. The molecule has 0 spiro atoms. The van der Waals surface area contributed by atoms with Crippen molar-refractivity contribution >= 4 is 28.6 Å². The summed E-state index contributed by atoms with van der Waals surface area (Å²) in [5.74, 6) is 1.12. The van der Waals surface area contributed by atoms with E-state index in [2.05, 4.69) is 42.5 Å². The van der Waals surface area contributed by atoms with Gasteiger partial charge in [0.15, 0.2) is 5.65 Å². The van der Waals surface area contributed by atoms with Crippen LogP contribution >= 0.6 is 0 Å². The van der Waals surface area contributed by atoms with Crippen LogP contribution in [0.1, 0.15) is 38.7 Å². The highest BCUT2D eigenvalue weighted by molar-refractivity contribution is 5.90. The van der Waals surface area contributed by atoms with Crippen molar-refractivity contribution in [3.05, 3.63) is 42.4 Å². The maximum Gasteiger partial charge on any atom is 0.407 e. The molecule has 0 radical (unpaired) electrons. The van der Waals surface area contributed by atoms with Crippen LogP contribution in [0.15, 0.2) is 36.8 Å². The molecule has 3 heterocycles. The fraction of sp³-hybridized carbons (Fsp3) is 0.400. The van der Waals surface area contributed by atoms with Crippen LogP contribution in [0.2, 0.25) is 0 Å². The number of hydrogen-bond donors (Lipinski definition) is 2. The number of aromatic nitrogens is 4. The normalized spacial score (nSPS) is 16.2. The van der Waals surface area contributed by atoms with Gasteiger partial charge in [0.2, 0.25) is 0 Å². The van der Waals surface area contributed by atoms with Gasteiger partial charge in [-0.05, 0) is 38.8 Å². The van der Waals surface area contributed by atoms with Crippen molar-refractivity contribution in [3.63, 3.8) is 0 Å². The van der Waals surface area contributed by atoms with Gasteiger partial charge in [-0.15, -0.1) is 0 Å². The number of ether oxygens (including phenoxy) is 1. The molecule has 3 aromatic rings. The van der Waals surface area contributed by atoms with E-state index >= 15 is 0 Å². The van der Waals surface area contributed by atoms with Crippen LogP contribution in [-0.2, 0) is 4.74 Å². The van der Waals surface area contributed by atoms with Crippen molar-refractivity contribution in [2.24, 2.45) is 0 Å². The van der Waals surface area contributed by atoms with E-state index in [1.807, 2.05) is 32.9 Å². The van der Waals surface area contributed by atoms with Gasteiger partial charge in [-0.2, -0.15) is 5.10 Å². The van der Waals surface area contributed by atoms with E-state index in [9.17, 15) is 4.79 Å². The molecule has 2 aromatic heterocycles. The molecular formula is C20H24N6O2. The number of fused-ring (bicyclic) bond motifs is 2. The standard InChI is InChI=1S/C20H24N6O2/c1-20(2,3)28-19(27)21-9-8-13-11-26(16-7-5-4-6-14(13)16)18-15-10-24-25-17(15)22-12-23-18/h4-7,10,12-13H,8-9,11H2,1-3H3,(H,21,27)(H,22,23,24,25). The maximum atomic E-state index is 11.9.